The van der Waals surface area contributed by atoms with E-state index >= 15 is 0 Å². The van der Waals surface area contributed by atoms with Gasteiger partial charge in [0, 0.05) is 12.7 Å². The van der Waals surface area contributed by atoms with Crippen LogP contribution in [0, 0.1) is 5.82 Å². The minimum Gasteiger partial charge on any atom is -0.468 e. The molecule has 0 radical (unpaired) electrons. The van der Waals surface area contributed by atoms with Crippen LogP contribution < -0.4 is 4.74 Å². The zero-order valence-corrected chi connectivity index (χ0v) is 9.52. The fourth-order valence-electron chi connectivity index (χ4n) is 1.55. The summed E-state index contributed by atoms with van der Waals surface area (Å²) in [4.78, 5) is 0. The number of rotatable bonds is 4. The maximum atomic E-state index is 13.5. The largest absolute Gasteiger partial charge is 0.468 e. The molecular formula is C14H13FO2. The number of benzene rings is 2. The monoisotopic (exact) mass is 232 g/mol. The molecule has 0 aliphatic heterocycles. The van der Waals surface area contributed by atoms with Crippen molar-refractivity contribution in [1.82, 2.24) is 0 Å². The Bertz CT molecular complexity index is 480. The molecule has 0 fully saturated rings. The first-order valence-electron chi connectivity index (χ1n) is 5.28. The summed E-state index contributed by atoms with van der Waals surface area (Å²) in [5.41, 5.74) is 1.42. The first-order valence-corrected chi connectivity index (χ1v) is 5.28. The van der Waals surface area contributed by atoms with E-state index in [1.54, 1.807) is 31.4 Å². The van der Waals surface area contributed by atoms with Crippen molar-refractivity contribution in [2.45, 2.75) is 0 Å². The molecule has 0 atom stereocenters. The minimum absolute atomic E-state index is 0.207. The Labute approximate surface area is 99.6 Å². The van der Waals surface area contributed by atoms with E-state index in [4.69, 9.17) is 9.47 Å². The van der Waals surface area contributed by atoms with Gasteiger partial charge in [-0.2, -0.15) is 0 Å². The standard InChI is InChI=1S/C14H13FO2/c1-16-10-17-12-8-6-11(7-9-12)13-4-2-3-5-14(13)15/h2-9H,10H2,1H3. The molecular weight excluding hydrogens is 219 g/mol. The van der Waals surface area contributed by atoms with Crippen LogP contribution in [0.4, 0.5) is 4.39 Å². The molecule has 2 aromatic rings. The van der Waals surface area contributed by atoms with Gasteiger partial charge in [0.1, 0.15) is 11.6 Å². The van der Waals surface area contributed by atoms with Gasteiger partial charge in [-0.15, -0.1) is 0 Å². The van der Waals surface area contributed by atoms with Crippen LogP contribution in [0.3, 0.4) is 0 Å². The zero-order valence-electron chi connectivity index (χ0n) is 9.52. The van der Waals surface area contributed by atoms with E-state index in [1.165, 1.54) is 6.07 Å². The molecule has 0 unspecified atom stereocenters. The zero-order chi connectivity index (χ0) is 12.1. The average Bonchev–Trinajstić information content (AvgIpc) is 2.38. The summed E-state index contributed by atoms with van der Waals surface area (Å²) in [5, 5.41) is 0. The molecule has 0 aromatic heterocycles. The van der Waals surface area contributed by atoms with E-state index in [0.717, 1.165) is 5.56 Å². The van der Waals surface area contributed by atoms with Crippen LogP contribution in [-0.4, -0.2) is 13.9 Å². The summed E-state index contributed by atoms with van der Waals surface area (Å²) in [6, 6.07) is 13.9. The van der Waals surface area contributed by atoms with Gasteiger partial charge in [0.05, 0.1) is 0 Å². The number of halogens is 1. The maximum absolute atomic E-state index is 13.5. The van der Waals surface area contributed by atoms with Crippen LogP contribution in [0.2, 0.25) is 0 Å². The molecule has 2 aromatic carbocycles. The second kappa shape index (κ2) is 5.46. The van der Waals surface area contributed by atoms with Crippen LogP contribution in [0.5, 0.6) is 5.75 Å². The summed E-state index contributed by atoms with van der Waals surface area (Å²) < 4.78 is 23.6. The van der Waals surface area contributed by atoms with Crippen molar-refractivity contribution in [1.29, 1.82) is 0 Å². The van der Waals surface area contributed by atoms with E-state index in [-0.39, 0.29) is 12.6 Å². The lowest BCUT2D eigenvalue weighted by Crippen LogP contribution is -1.98. The molecule has 0 N–H and O–H groups in total. The third-order valence-corrected chi connectivity index (χ3v) is 2.38. The van der Waals surface area contributed by atoms with Gasteiger partial charge in [-0.1, -0.05) is 30.3 Å². The number of methoxy groups -OCH3 is 1. The molecule has 3 heteroatoms. The molecule has 0 aliphatic carbocycles. The van der Waals surface area contributed by atoms with Crippen molar-refractivity contribution >= 4 is 0 Å². The Hall–Kier alpha value is -1.87. The van der Waals surface area contributed by atoms with Crippen LogP contribution >= 0.6 is 0 Å². The van der Waals surface area contributed by atoms with Gasteiger partial charge in [0.2, 0.25) is 0 Å². The van der Waals surface area contributed by atoms with Gasteiger partial charge in [-0.25, -0.2) is 4.39 Å². The van der Waals surface area contributed by atoms with E-state index in [2.05, 4.69) is 0 Å². The second-order valence-corrected chi connectivity index (χ2v) is 3.56. The van der Waals surface area contributed by atoms with E-state index in [1.807, 2.05) is 18.2 Å². The Morgan fingerprint density at radius 3 is 2.35 bits per heavy atom. The highest BCUT2D eigenvalue weighted by Crippen LogP contribution is 2.24. The Kier molecular flexibility index (Phi) is 3.73. The molecule has 0 heterocycles. The quantitative estimate of drug-likeness (QED) is 0.751. The maximum Gasteiger partial charge on any atom is 0.188 e. The van der Waals surface area contributed by atoms with Crippen molar-refractivity contribution in [2.24, 2.45) is 0 Å². The van der Waals surface area contributed by atoms with Gasteiger partial charge in [0.25, 0.3) is 0 Å². The van der Waals surface area contributed by atoms with Crippen LogP contribution in [0.25, 0.3) is 11.1 Å². The van der Waals surface area contributed by atoms with E-state index in [9.17, 15) is 4.39 Å². The lowest BCUT2D eigenvalue weighted by Gasteiger charge is -2.06. The first kappa shape index (κ1) is 11.6. The second-order valence-electron chi connectivity index (χ2n) is 3.56. The highest BCUT2D eigenvalue weighted by atomic mass is 19.1. The van der Waals surface area contributed by atoms with Gasteiger partial charge < -0.3 is 9.47 Å². The van der Waals surface area contributed by atoms with Crippen molar-refractivity contribution in [3.05, 3.63) is 54.3 Å². The molecule has 0 saturated carbocycles. The summed E-state index contributed by atoms with van der Waals surface area (Å²) in [6.07, 6.45) is 0. The number of hydrogen-bond donors (Lipinski definition) is 0. The summed E-state index contributed by atoms with van der Waals surface area (Å²) in [7, 11) is 1.56. The van der Waals surface area contributed by atoms with Gasteiger partial charge in [-0.05, 0) is 23.8 Å². The fraction of sp³-hybridized carbons (Fsp3) is 0.143. The number of hydrogen-bond acceptors (Lipinski definition) is 2. The van der Waals surface area contributed by atoms with Gasteiger partial charge in [0.15, 0.2) is 6.79 Å². The van der Waals surface area contributed by atoms with Crippen molar-refractivity contribution in [2.75, 3.05) is 13.9 Å². The van der Waals surface area contributed by atoms with Crippen LogP contribution in [0.1, 0.15) is 0 Å². The predicted molar refractivity (Wildman–Crippen MR) is 64.3 cm³/mol. The predicted octanol–water partition coefficient (Wildman–Crippen LogP) is 3.48. The average molecular weight is 232 g/mol. The van der Waals surface area contributed by atoms with Crippen molar-refractivity contribution in [3.8, 4) is 16.9 Å². The lowest BCUT2D eigenvalue weighted by molar-refractivity contribution is 0.0511. The Balaban J connectivity index is 2.21. The molecule has 2 nitrogen and oxygen atoms in total. The topological polar surface area (TPSA) is 18.5 Å². The smallest absolute Gasteiger partial charge is 0.188 e. The minimum atomic E-state index is -0.224. The highest BCUT2D eigenvalue weighted by molar-refractivity contribution is 5.64. The third-order valence-electron chi connectivity index (χ3n) is 2.38. The SMILES string of the molecule is COCOc1ccc(-c2ccccc2F)cc1. The summed E-state index contributed by atoms with van der Waals surface area (Å²) in [5.74, 6) is 0.477. The van der Waals surface area contributed by atoms with E-state index < -0.39 is 0 Å². The molecule has 17 heavy (non-hydrogen) atoms. The third kappa shape index (κ3) is 2.82. The van der Waals surface area contributed by atoms with E-state index in [0.29, 0.717) is 11.3 Å². The lowest BCUT2D eigenvalue weighted by atomic mass is 10.1. The van der Waals surface area contributed by atoms with Crippen molar-refractivity contribution < 1.29 is 13.9 Å². The fourth-order valence-corrected chi connectivity index (χ4v) is 1.55. The van der Waals surface area contributed by atoms with Crippen molar-refractivity contribution in [3.63, 3.8) is 0 Å². The molecule has 0 amide bonds. The van der Waals surface area contributed by atoms with Crippen LogP contribution in [0.15, 0.2) is 48.5 Å². The molecule has 0 spiro atoms. The Morgan fingerprint density at radius 1 is 1.00 bits per heavy atom. The summed E-state index contributed by atoms with van der Waals surface area (Å²) >= 11 is 0. The van der Waals surface area contributed by atoms with Gasteiger partial charge >= 0.3 is 0 Å². The molecule has 88 valence electrons. The molecule has 0 saturated heterocycles. The molecule has 0 aliphatic rings. The summed E-state index contributed by atoms with van der Waals surface area (Å²) in [6.45, 7) is 0.207. The number of ether oxygens (including phenoxy) is 2. The highest BCUT2D eigenvalue weighted by Gasteiger charge is 2.03. The van der Waals surface area contributed by atoms with Gasteiger partial charge in [-0.3, -0.25) is 0 Å². The first-order chi connectivity index (χ1) is 8.31. The molecule has 0 bridgehead atoms. The Morgan fingerprint density at radius 2 is 1.71 bits per heavy atom. The normalized spacial score (nSPS) is 10.2. The van der Waals surface area contributed by atoms with Crippen LogP contribution in [-0.2, 0) is 4.74 Å². The molecule has 2 rings (SSSR count).